The van der Waals surface area contributed by atoms with Gasteiger partial charge in [-0.25, -0.2) is 8.78 Å². The van der Waals surface area contributed by atoms with E-state index < -0.39 is 46.5 Å². The van der Waals surface area contributed by atoms with Gasteiger partial charge in [-0.05, 0) is 54.1 Å². The first-order valence-electron chi connectivity index (χ1n) is 12.8. The maximum atomic E-state index is 14.6. The number of hydrogen-bond donors (Lipinski definition) is 3. The second-order valence-corrected chi connectivity index (χ2v) is 10.2. The second-order valence-electron chi connectivity index (χ2n) is 9.79. The average molecular weight is 633 g/mol. The summed E-state index contributed by atoms with van der Waals surface area (Å²) < 4.78 is 73.9. The van der Waals surface area contributed by atoms with Crippen LogP contribution in [-0.4, -0.2) is 33.9 Å². The van der Waals surface area contributed by atoms with E-state index in [4.69, 9.17) is 22.1 Å². The first kappa shape index (κ1) is 30.9. The quantitative estimate of drug-likeness (QED) is 0.228. The van der Waals surface area contributed by atoms with Gasteiger partial charge in [0.25, 0.3) is 11.8 Å². The van der Waals surface area contributed by atoms with Crippen molar-refractivity contribution in [3.05, 3.63) is 123 Å². The number of hydrogen-bond acceptors (Lipinski definition) is 6. The predicted octanol–water partition coefficient (Wildman–Crippen LogP) is 5.60. The number of fused-ring (bicyclic) bond motifs is 1. The van der Waals surface area contributed by atoms with Gasteiger partial charge in [-0.3, -0.25) is 19.5 Å². The summed E-state index contributed by atoms with van der Waals surface area (Å²) >= 11 is 6.44. The van der Waals surface area contributed by atoms with E-state index in [0.717, 1.165) is 29.3 Å². The lowest BCUT2D eigenvalue weighted by molar-refractivity contribution is -0.137. The second kappa shape index (κ2) is 11.5. The van der Waals surface area contributed by atoms with Gasteiger partial charge < -0.3 is 20.9 Å². The molecule has 228 valence electrons. The number of anilines is 1. The number of methoxy groups -OCH3 is 1. The summed E-state index contributed by atoms with van der Waals surface area (Å²) in [6, 6.07) is 10.8. The number of nitrogens with two attached hydrogens (primary N) is 1. The fraction of sp³-hybridized carbons (Fsp3) is 0.167. The van der Waals surface area contributed by atoms with Gasteiger partial charge in [0, 0.05) is 34.8 Å². The van der Waals surface area contributed by atoms with E-state index in [9.17, 15) is 36.6 Å². The van der Waals surface area contributed by atoms with E-state index in [2.05, 4.69) is 10.3 Å². The van der Waals surface area contributed by atoms with Crippen LogP contribution in [0.2, 0.25) is 5.02 Å². The van der Waals surface area contributed by atoms with E-state index in [1.54, 1.807) is 24.3 Å². The largest absolute Gasteiger partial charge is 0.497 e. The number of amides is 2. The highest BCUT2D eigenvalue weighted by Gasteiger charge is 2.54. The monoisotopic (exact) mass is 632 g/mol. The minimum atomic E-state index is -4.95. The highest BCUT2D eigenvalue weighted by atomic mass is 35.5. The third-order valence-electron chi connectivity index (χ3n) is 7.09. The van der Waals surface area contributed by atoms with Crippen LogP contribution in [0.4, 0.5) is 27.6 Å². The zero-order chi connectivity index (χ0) is 32.0. The van der Waals surface area contributed by atoms with Crippen molar-refractivity contribution in [3.63, 3.8) is 0 Å². The first-order valence-corrected chi connectivity index (χ1v) is 13.2. The van der Waals surface area contributed by atoms with Gasteiger partial charge in [-0.2, -0.15) is 13.2 Å². The molecule has 0 aliphatic carbocycles. The molecule has 3 aromatic carbocycles. The molecule has 8 nitrogen and oxygen atoms in total. The molecule has 0 fully saturated rings. The summed E-state index contributed by atoms with van der Waals surface area (Å²) in [5, 5.41) is 14.7. The molecule has 0 spiro atoms. The standard InChI is InChI=1S/C30H22ClF5N4O4/c1-44-20-5-2-15(3-6-20)14-40-28(42)25-23(12-37)38-13-24(26(25)29(40,43)21-11-18(32)4-7-22(21)31)39-27(41)16-8-17(30(34,35)36)10-19(33)9-16/h2-11,13,43H,12,14,37H2,1H3,(H,39,41). The number of ether oxygens (including phenoxy) is 1. The number of carbonyl (C=O) groups excluding carboxylic acids is 2. The Bertz CT molecular complexity index is 1780. The lowest BCUT2D eigenvalue weighted by Gasteiger charge is -2.36. The molecule has 1 atom stereocenters. The topological polar surface area (TPSA) is 118 Å². The summed E-state index contributed by atoms with van der Waals surface area (Å²) in [4.78, 5) is 32.3. The van der Waals surface area contributed by atoms with E-state index >= 15 is 0 Å². The van der Waals surface area contributed by atoms with Gasteiger partial charge in [-0.15, -0.1) is 0 Å². The summed E-state index contributed by atoms with van der Waals surface area (Å²) in [5.41, 5.74) is 0.525. The van der Waals surface area contributed by atoms with Crippen molar-refractivity contribution < 1.29 is 41.4 Å². The molecule has 44 heavy (non-hydrogen) atoms. The Morgan fingerprint density at radius 2 is 1.80 bits per heavy atom. The number of nitrogens with zero attached hydrogens (tertiary/aromatic N) is 2. The zero-order valence-corrected chi connectivity index (χ0v) is 23.4. The molecule has 0 saturated carbocycles. The summed E-state index contributed by atoms with van der Waals surface area (Å²) in [5.74, 6) is -3.66. The molecule has 1 aromatic heterocycles. The van der Waals surface area contributed by atoms with Crippen molar-refractivity contribution in [3.8, 4) is 5.75 Å². The van der Waals surface area contributed by atoms with Crippen LogP contribution in [0.5, 0.6) is 5.75 Å². The van der Waals surface area contributed by atoms with Crippen LogP contribution >= 0.6 is 11.6 Å². The molecular weight excluding hydrogens is 611 g/mol. The molecule has 1 aliphatic rings. The minimum absolute atomic E-state index is 0.00343. The van der Waals surface area contributed by atoms with Crippen molar-refractivity contribution in [1.29, 1.82) is 0 Å². The maximum Gasteiger partial charge on any atom is 0.416 e. The van der Waals surface area contributed by atoms with Crippen molar-refractivity contribution in [2.75, 3.05) is 12.4 Å². The Balaban J connectivity index is 1.70. The number of benzene rings is 3. The van der Waals surface area contributed by atoms with Crippen LogP contribution in [0, 0.1) is 11.6 Å². The lowest BCUT2D eigenvalue weighted by Crippen LogP contribution is -2.44. The number of carbonyl (C=O) groups is 2. The summed E-state index contributed by atoms with van der Waals surface area (Å²) in [6.07, 6.45) is -3.92. The van der Waals surface area contributed by atoms with E-state index in [-0.39, 0.29) is 52.3 Å². The van der Waals surface area contributed by atoms with Crippen molar-refractivity contribution >= 4 is 29.1 Å². The van der Waals surface area contributed by atoms with Crippen molar-refractivity contribution in [1.82, 2.24) is 9.88 Å². The highest BCUT2D eigenvalue weighted by molar-refractivity contribution is 6.31. The van der Waals surface area contributed by atoms with Gasteiger partial charge in [0.1, 0.15) is 17.4 Å². The molecule has 2 amide bonds. The van der Waals surface area contributed by atoms with Gasteiger partial charge in [0.2, 0.25) is 0 Å². The van der Waals surface area contributed by atoms with Crippen molar-refractivity contribution in [2.24, 2.45) is 5.73 Å². The fourth-order valence-corrected chi connectivity index (χ4v) is 5.28. The molecule has 4 N–H and O–H groups in total. The van der Waals surface area contributed by atoms with Crippen LogP contribution < -0.4 is 15.8 Å². The molecule has 14 heteroatoms. The predicted molar refractivity (Wildman–Crippen MR) is 149 cm³/mol. The van der Waals surface area contributed by atoms with Gasteiger partial charge >= 0.3 is 6.18 Å². The Kier molecular flexibility index (Phi) is 8.05. The molecule has 2 heterocycles. The van der Waals surface area contributed by atoms with E-state index in [1.165, 1.54) is 7.11 Å². The first-order chi connectivity index (χ1) is 20.8. The molecular formula is C30H22ClF5N4O4. The zero-order valence-electron chi connectivity index (χ0n) is 22.7. The van der Waals surface area contributed by atoms with Gasteiger partial charge in [0.05, 0.1) is 35.8 Å². The van der Waals surface area contributed by atoms with Crippen LogP contribution in [0.15, 0.2) is 66.9 Å². The SMILES string of the molecule is COc1ccc(CN2C(=O)c3c(CN)ncc(NC(=O)c4cc(F)cc(C(F)(F)F)c4)c3C2(O)c2cc(F)ccc2Cl)cc1. The number of aliphatic hydroxyl groups is 1. The average Bonchev–Trinajstić information content (AvgIpc) is 3.21. The summed E-state index contributed by atoms with van der Waals surface area (Å²) in [6.45, 7) is -0.568. The number of alkyl halides is 3. The molecule has 1 aliphatic heterocycles. The van der Waals surface area contributed by atoms with E-state index in [0.29, 0.717) is 23.4 Å². The summed E-state index contributed by atoms with van der Waals surface area (Å²) in [7, 11) is 1.46. The molecule has 0 saturated heterocycles. The van der Waals surface area contributed by atoms with Crippen molar-refractivity contribution in [2.45, 2.75) is 25.0 Å². The third-order valence-corrected chi connectivity index (χ3v) is 7.42. The Labute approximate surface area is 251 Å². The number of halogens is 6. The Morgan fingerprint density at radius 3 is 2.43 bits per heavy atom. The van der Waals surface area contributed by atoms with Gasteiger partial charge in [0.15, 0.2) is 5.72 Å². The fourth-order valence-electron chi connectivity index (χ4n) is 5.03. The number of aromatic nitrogens is 1. The van der Waals surface area contributed by atoms with E-state index in [1.807, 2.05) is 0 Å². The molecule has 5 rings (SSSR count). The maximum absolute atomic E-state index is 14.6. The molecule has 4 aromatic rings. The molecule has 0 bridgehead atoms. The molecule has 0 radical (unpaired) electrons. The number of rotatable bonds is 7. The van der Waals surface area contributed by atoms with Crippen LogP contribution in [-0.2, 0) is 25.0 Å². The van der Waals surface area contributed by atoms with Crippen LogP contribution in [0.1, 0.15) is 48.7 Å². The minimum Gasteiger partial charge on any atom is -0.497 e. The Morgan fingerprint density at radius 1 is 1.09 bits per heavy atom. The highest BCUT2D eigenvalue weighted by Crippen LogP contribution is 2.49. The third kappa shape index (κ3) is 5.45. The number of pyridine rings is 1. The van der Waals surface area contributed by atoms with Crippen LogP contribution in [0.25, 0.3) is 0 Å². The Hall–Kier alpha value is -4.59. The molecule has 1 unspecified atom stereocenters. The smallest absolute Gasteiger partial charge is 0.416 e. The van der Waals surface area contributed by atoms with Crippen LogP contribution in [0.3, 0.4) is 0 Å². The normalized spacial score (nSPS) is 16.2. The van der Waals surface area contributed by atoms with Gasteiger partial charge in [-0.1, -0.05) is 23.7 Å². The lowest BCUT2D eigenvalue weighted by atomic mass is 9.91. The number of nitrogens with one attached hydrogen (secondary N) is 1.